The van der Waals surface area contributed by atoms with Crippen molar-refractivity contribution in [1.29, 1.82) is 0 Å². The highest BCUT2D eigenvalue weighted by atomic mass is 16.5. The molecule has 0 aromatic heterocycles. The number of hydrogen-bond acceptors (Lipinski definition) is 5. The summed E-state index contributed by atoms with van der Waals surface area (Å²) in [4.78, 5) is 43.7. The molecule has 3 atom stereocenters. The molecule has 5 aliphatic rings. The Labute approximate surface area is 209 Å². The van der Waals surface area contributed by atoms with Crippen LogP contribution in [0, 0.1) is 23.7 Å². The van der Waals surface area contributed by atoms with Gasteiger partial charge >= 0.3 is 0 Å². The van der Waals surface area contributed by atoms with Gasteiger partial charge in [0.1, 0.15) is 6.04 Å². The van der Waals surface area contributed by atoms with Crippen LogP contribution in [0.4, 0.5) is 0 Å². The minimum Gasteiger partial charge on any atom is -0.376 e. The van der Waals surface area contributed by atoms with Crippen molar-refractivity contribution >= 4 is 17.7 Å². The van der Waals surface area contributed by atoms with Crippen molar-refractivity contribution in [2.24, 2.45) is 29.4 Å². The van der Waals surface area contributed by atoms with Crippen LogP contribution < -0.4 is 11.1 Å². The number of carbonyl (C=O) groups is 3. The number of carbonyl (C=O) groups excluding carboxylic acids is 3. The smallest absolute Gasteiger partial charge is 0.242 e. The summed E-state index contributed by atoms with van der Waals surface area (Å²) in [6.07, 6.45) is 11.7. The van der Waals surface area contributed by atoms with Crippen molar-refractivity contribution in [3.05, 3.63) is 0 Å². The minimum absolute atomic E-state index is 0.00806. The highest BCUT2D eigenvalue weighted by Gasteiger charge is 2.45. The number of ether oxygens (including phenoxy) is 1. The van der Waals surface area contributed by atoms with Crippen LogP contribution in [-0.2, 0) is 19.1 Å². The van der Waals surface area contributed by atoms with E-state index < -0.39 is 6.04 Å². The minimum atomic E-state index is -0.485. The molecular weight excluding hydrogens is 444 g/mol. The fourth-order valence-corrected chi connectivity index (χ4v) is 6.33. The molecule has 0 spiro atoms. The Kier molecular flexibility index (Phi) is 7.97. The van der Waals surface area contributed by atoms with Crippen molar-refractivity contribution in [2.75, 3.05) is 32.8 Å². The van der Waals surface area contributed by atoms with Crippen LogP contribution in [0.3, 0.4) is 0 Å². The largest absolute Gasteiger partial charge is 0.376 e. The second kappa shape index (κ2) is 11.2. The van der Waals surface area contributed by atoms with Gasteiger partial charge in [-0.2, -0.15) is 0 Å². The zero-order valence-electron chi connectivity index (χ0n) is 21.2. The van der Waals surface area contributed by atoms with Gasteiger partial charge in [0.2, 0.25) is 17.7 Å². The Morgan fingerprint density at radius 3 is 2.26 bits per heavy atom. The average Bonchev–Trinajstić information content (AvgIpc) is 3.83. The van der Waals surface area contributed by atoms with Gasteiger partial charge in [-0.05, 0) is 95.4 Å². The van der Waals surface area contributed by atoms with E-state index in [4.69, 9.17) is 10.5 Å². The van der Waals surface area contributed by atoms with Crippen molar-refractivity contribution in [2.45, 2.75) is 95.2 Å². The molecule has 2 saturated heterocycles. The molecule has 0 aromatic rings. The van der Waals surface area contributed by atoms with E-state index in [0.717, 1.165) is 83.8 Å². The summed E-state index contributed by atoms with van der Waals surface area (Å²) in [6, 6.07) is -0.493. The topological polar surface area (TPSA) is 105 Å². The number of hydrogen-bond donors (Lipinski definition) is 2. The number of nitrogens with zero attached hydrogens (tertiary/aromatic N) is 2. The first kappa shape index (κ1) is 25.0. The van der Waals surface area contributed by atoms with E-state index in [9.17, 15) is 14.4 Å². The van der Waals surface area contributed by atoms with Crippen LogP contribution in [0.15, 0.2) is 0 Å². The van der Waals surface area contributed by atoms with Crippen molar-refractivity contribution < 1.29 is 19.1 Å². The van der Waals surface area contributed by atoms with Crippen LogP contribution in [0.1, 0.15) is 77.0 Å². The molecule has 3 aliphatic carbocycles. The van der Waals surface area contributed by atoms with Gasteiger partial charge in [-0.15, -0.1) is 0 Å². The summed E-state index contributed by atoms with van der Waals surface area (Å²) in [7, 11) is 0. The number of likely N-dealkylation sites (tertiary alicyclic amines) is 1. The van der Waals surface area contributed by atoms with Gasteiger partial charge in [0.25, 0.3) is 0 Å². The maximum absolute atomic E-state index is 13.5. The zero-order valence-corrected chi connectivity index (χ0v) is 21.2. The van der Waals surface area contributed by atoms with E-state index in [-0.39, 0.29) is 41.7 Å². The van der Waals surface area contributed by atoms with Crippen LogP contribution in [0.2, 0.25) is 0 Å². The molecule has 0 radical (unpaired) electrons. The molecule has 2 heterocycles. The Morgan fingerprint density at radius 1 is 0.914 bits per heavy atom. The highest BCUT2D eigenvalue weighted by molar-refractivity contribution is 5.90. The van der Waals surface area contributed by atoms with E-state index in [1.807, 2.05) is 9.80 Å². The molecule has 8 heteroatoms. The summed E-state index contributed by atoms with van der Waals surface area (Å²) in [5, 5.41) is 3.20. The maximum atomic E-state index is 13.5. The SMILES string of the molecule is NCC1CCC(CNC(=O)[C@H]2CC(N(CC3CCCO3)C(=O)C3CC3)CCN2C(=O)C2CC2)CC1. The van der Waals surface area contributed by atoms with Gasteiger partial charge in [-0.1, -0.05) is 0 Å². The summed E-state index contributed by atoms with van der Waals surface area (Å²) in [5.41, 5.74) is 5.83. The zero-order chi connectivity index (χ0) is 24.4. The maximum Gasteiger partial charge on any atom is 0.242 e. The Bertz CT molecular complexity index is 769. The van der Waals surface area contributed by atoms with E-state index in [2.05, 4.69) is 5.32 Å². The Balaban J connectivity index is 1.24. The molecule has 3 N–H and O–H groups in total. The van der Waals surface area contributed by atoms with E-state index >= 15 is 0 Å². The standard InChI is InChI=1S/C27H44N4O4/c28-15-18-3-5-19(6-4-18)16-29-25(32)24-14-22(11-12-30(24)26(33)20-7-8-20)31(27(34)21-9-10-21)17-23-2-1-13-35-23/h18-24H,1-17,28H2,(H,29,32)/t18?,19?,22?,23?,24-/m1/s1. The summed E-state index contributed by atoms with van der Waals surface area (Å²) in [6.45, 7) is 3.36. The normalized spacial score (nSPS) is 33.4. The lowest BCUT2D eigenvalue weighted by Gasteiger charge is -2.43. The molecule has 5 rings (SSSR count). The van der Waals surface area contributed by atoms with Crippen LogP contribution in [-0.4, -0.2) is 78.5 Å². The molecule has 0 bridgehead atoms. The molecule has 3 amide bonds. The first-order valence-electron chi connectivity index (χ1n) is 14.2. The van der Waals surface area contributed by atoms with Crippen molar-refractivity contribution in [1.82, 2.24) is 15.1 Å². The monoisotopic (exact) mass is 488 g/mol. The quantitative estimate of drug-likeness (QED) is 0.517. The first-order chi connectivity index (χ1) is 17.0. The number of nitrogens with one attached hydrogen (secondary N) is 1. The Hall–Kier alpha value is -1.67. The predicted octanol–water partition coefficient (Wildman–Crippen LogP) is 2.05. The molecule has 2 aliphatic heterocycles. The fourth-order valence-electron chi connectivity index (χ4n) is 6.33. The van der Waals surface area contributed by atoms with Crippen LogP contribution >= 0.6 is 0 Å². The van der Waals surface area contributed by atoms with Crippen LogP contribution in [0.25, 0.3) is 0 Å². The number of rotatable bonds is 9. The van der Waals surface area contributed by atoms with Gasteiger partial charge in [0, 0.05) is 44.1 Å². The van der Waals surface area contributed by atoms with Gasteiger partial charge in [0.05, 0.1) is 6.10 Å². The highest BCUT2D eigenvalue weighted by Crippen LogP contribution is 2.37. The van der Waals surface area contributed by atoms with Gasteiger partial charge in [-0.3, -0.25) is 14.4 Å². The molecule has 5 fully saturated rings. The number of amides is 3. The third-order valence-electron chi connectivity index (χ3n) is 9.03. The number of piperidine rings is 1. The fraction of sp³-hybridized carbons (Fsp3) is 0.889. The molecule has 3 saturated carbocycles. The first-order valence-corrected chi connectivity index (χ1v) is 14.2. The van der Waals surface area contributed by atoms with Crippen molar-refractivity contribution in [3.63, 3.8) is 0 Å². The molecule has 2 unspecified atom stereocenters. The van der Waals surface area contributed by atoms with E-state index in [1.54, 1.807) is 0 Å². The third-order valence-corrected chi connectivity index (χ3v) is 9.03. The predicted molar refractivity (Wildman–Crippen MR) is 132 cm³/mol. The van der Waals surface area contributed by atoms with E-state index in [0.29, 0.717) is 37.9 Å². The van der Waals surface area contributed by atoms with Crippen molar-refractivity contribution in [3.8, 4) is 0 Å². The third kappa shape index (κ3) is 6.19. The van der Waals surface area contributed by atoms with Gasteiger partial charge in [-0.25, -0.2) is 0 Å². The summed E-state index contributed by atoms with van der Waals surface area (Å²) < 4.78 is 5.87. The molecular formula is C27H44N4O4. The van der Waals surface area contributed by atoms with Gasteiger partial charge in [0.15, 0.2) is 0 Å². The van der Waals surface area contributed by atoms with Gasteiger partial charge < -0.3 is 25.6 Å². The second-order valence-electron chi connectivity index (χ2n) is 11.8. The lowest BCUT2D eigenvalue weighted by Crippen LogP contribution is -2.59. The van der Waals surface area contributed by atoms with E-state index in [1.165, 1.54) is 0 Å². The Morgan fingerprint density at radius 2 is 1.63 bits per heavy atom. The average molecular weight is 489 g/mol. The summed E-state index contributed by atoms with van der Waals surface area (Å²) in [5.74, 6) is 1.64. The summed E-state index contributed by atoms with van der Waals surface area (Å²) >= 11 is 0. The van der Waals surface area contributed by atoms with Crippen LogP contribution in [0.5, 0.6) is 0 Å². The molecule has 8 nitrogen and oxygen atoms in total. The lowest BCUT2D eigenvalue weighted by atomic mass is 9.82. The second-order valence-corrected chi connectivity index (χ2v) is 11.8. The molecule has 0 aromatic carbocycles. The molecule has 35 heavy (non-hydrogen) atoms. The lowest BCUT2D eigenvalue weighted by molar-refractivity contribution is -0.148. The molecule has 196 valence electrons. The number of nitrogens with two attached hydrogens (primary N) is 1.